The molecule has 1 aromatic rings. The van der Waals surface area contributed by atoms with Crippen molar-refractivity contribution in [2.24, 2.45) is 0 Å². The van der Waals surface area contributed by atoms with E-state index >= 15 is 0 Å². The molecule has 1 N–H and O–H groups in total. The van der Waals surface area contributed by atoms with Crippen molar-refractivity contribution in [3.8, 4) is 0 Å². The maximum absolute atomic E-state index is 9.55. The van der Waals surface area contributed by atoms with Crippen molar-refractivity contribution in [3.63, 3.8) is 0 Å². The third-order valence-corrected chi connectivity index (χ3v) is 3.82. The smallest absolute Gasteiger partial charge is 0.185 e. The maximum atomic E-state index is 9.55. The first kappa shape index (κ1) is 9.93. The Morgan fingerprint density at radius 1 is 1.50 bits per heavy atom. The molecule has 0 aromatic carbocycles. The van der Waals surface area contributed by atoms with E-state index in [1.54, 1.807) is 11.3 Å². The first-order chi connectivity index (χ1) is 6.66. The van der Waals surface area contributed by atoms with Crippen LogP contribution in [0.2, 0.25) is 0 Å². The molecular formula is C10H16N2OS. The van der Waals surface area contributed by atoms with Gasteiger partial charge in [-0.1, -0.05) is 0 Å². The first-order valence-corrected chi connectivity index (χ1v) is 5.85. The van der Waals surface area contributed by atoms with E-state index in [4.69, 9.17) is 0 Å². The number of aliphatic hydroxyl groups excluding tert-OH is 1. The molecule has 0 amide bonds. The van der Waals surface area contributed by atoms with Gasteiger partial charge in [0, 0.05) is 18.0 Å². The lowest BCUT2D eigenvalue weighted by Crippen LogP contribution is -2.38. The summed E-state index contributed by atoms with van der Waals surface area (Å²) in [7, 11) is 0. The average molecular weight is 212 g/mol. The molecule has 1 aromatic heterocycles. The summed E-state index contributed by atoms with van der Waals surface area (Å²) < 4.78 is 0. The van der Waals surface area contributed by atoms with Crippen LogP contribution in [0.25, 0.3) is 0 Å². The molecule has 2 rings (SSSR count). The Balaban J connectivity index is 2.14. The van der Waals surface area contributed by atoms with Crippen LogP contribution in [0.4, 0.5) is 5.13 Å². The van der Waals surface area contributed by atoms with Crippen LogP contribution in [0.15, 0.2) is 0 Å². The van der Waals surface area contributed by atoms with Gasteiger partial charge in [0.1, 0.15) is 0 Å². The van der Waals surface area contributed by atoms with Crippen LogP contribution in [0.3, 0.4) is 0 Å². The summed E-state index contributed by atoms with van der Waals surface area (Å²) in [6.07, 6.45) is 1.83. The quantitative estimate of drug-likeness (QED) is 0.770. The van der Waals surface area contributed by atoms with Crippen molar-refractivity contribution < 1.29 is 5.11 Å². The van der Waals surface area contributed by atoms with Gasteiger partial charge < -0.3 is 10.0 Å². The van der Waals surface area contributed by atoms with Gasteiger partial charge in [-0.2, -0.15) is 0 Å². The largest absolute Gasteiger partial charge is 0.391 e. The maximum Gasteiger partial charge on any atom is 0.185 e. The van der Waals surface area contributed by atoms with E-state index in [2.05, 4.69) is 16.8 Å². The molecule has 78 valence electrons. The molecule has 0 radical (unpaired) electrons. The second kappa shape index (κ2) is 3.87. The van der Waals surface area contributed by atoms with Gasteiger partial charge in [-0.25, -0.2) is 4.98 Å². The van der Waals surface area contributed by atoms with E-state index in [0.717, 1.165) is 36.8 Å². The lowest BCUT2D eigenvalue weighted by Gasteiger charge is -2.29. The van der Waals surface area contributed by atoms with Crippen molar-refractivity contribution >= 4 is 16.5 Å². The third kappa shape index (κ3) is 1.91. The fourth-order valence-corrected chi connectivity index (χ4v) is 2.66. The second-order valence-corrected chi connectivity index (χ2v) is 5.06. The van der Waals surface area contributed by atoms with E-state index < -0.39 is 0 Å². The Morgan fingerprint density at radius 2 is 2.29 bits per heavy atom. The van der Waals surface area contributed by atoms with Gasteiger partial charge in [-0.15, -0.1) is 11.3 Å². The van der Waals surface area contributed by atoms with E-state index in [9.17, 15) is 5.11 Å². The zero-order valence-electron chi connectivity index (χ0n) is 8.66. The normalized spacial score (nSPS) is 22.8. The second-order valence-electron chi connectivity index (χ2n) is 3.88. The first-order valence-electron chi connectivity index (χ1n) is 5.04. The highest BCUT2D eigenvalue weighted by Gasteiger charge is 2.20. The van der Waals surface area contributed by atoms with Crippen molar-refractivity contribution in [1.82, 2.24) is 4.98 Å². The highest BCUT2D eigenvalue weighted by Crippen LogP contribution is 2.27. The summed E-state index contributed by atoms with van der Waals surface area (Å²) in [5.41, 5.74) is 1.12. The molecule has 1 atom stereocenters. The van der Waals surface area contributed by atoms with E-state index in [1.807, 2.05) is 6.92 Å². The number of aromatic nitrogens is 1. The number of aryl methyl sites for hydroxylation is 2. The third-order valence-electron chi connectivity index (χ3n) is 2.68. The molecule has 0 spiro atoms. The highest BCUT2D eigenvalue weighted by atomic mass is 32.1. The fourth-order valence-electron chi connectivity index (χ4n) is 1.72. The number of piperidine rings is 1. The summed E-state index contributed by atoms with van der Waals surface area (Å²) in [6, 6.07) is 0. The standard InChI is InChI=1S/C10H16N2OS/c1-7-8(2)14-10(11-7)12-5-3-4-9(13)6-12/h9,13H,3-6H2,1-2H3. The van der Waals surface area contributed by atoms with E-state index in [0.29, 0.717) is 0 Å². The van der Waals surface area contributed by atoms with Crippen LogP contribution in [0.1, 0.15) is 23.4 Å². The predicted octanol–water partition coefficient (Wildman–Crippen LogP) is 1.72. The Hall–Kier alpha value is -0.610. The Morgan fingerprint density at radius 3 is 2.86 bits per heavy atom. The Labute approximate surface area is 88.4 Å². The summed E-state index contributed by atoms with van der Waals surface area (Å²) in [4.78, 5) is 7.97. The van der Waals surface area contributed by atoms with Crippen molar-refractivity contribution in [2.75, 3.05) is 18.0 Å². The number of thiazole rings is 1. The highest BCUT2D eigenvalue weighted by molar-refractivity contribution is 7.15. The molecular weight excluding hydrogens is 196 g/mol. The summed E-state index contributed by atoms with van der Waals surface area (Å²) in [5.74, 6) is 0. The Bertz CT molecular complexity index is 304. The number of nitrogens with zero attached hydrogens (tertiary/aromatic N) is 2. The molecule has 1 fully saturated rings. The van der Waals surface area contributed by atoms with Crippen LogP contribution in [0.5, 0.6) is 0 Å². The van der Waals surface area contributed by atoms with Crippen LogP contribution in [-0.4, -0.2) is 29.3 Å². The topological polar surface area (TPSA) is 36.4 Å². The molecule has 1 aliphatic heterocycles. The number of anilines is 1. The van der Waals surface area contributed by atoms with Crippen LogP contribution in [0, 0.1) is 13.8 Å². The predicted molar refractivity (Wildman–Crippen MR) is 59.0 cm³/mol. The van der Waals surface area contributed by atoms with Crippen molar-refractivity contribution in [3.05, 3.63) is 10.6 Å². The SMILES string of the molecule is Cc1nc(N2CCCC(O)C2)sc1C. The van der Waals surface area contributed by atoms with Crippen molar-refractivity contribution in [2.45, 2.75) is 32.8 Å². The lowest BCUT2D eigenvalue weighted by atomic mass is 10.1. The van der Waals surface area contributed by atoms with Gasteiger partial charge in [0.15, 0.2) is 5.13 Å². The summed E-state index contributed by atoms with van der Waals surface area (Å²) in [5, 5.41) is 10.6. The average Bonchev–Trinajstić information content (AvgIpc) is 2.47. The van der Waals surface area contributed by atoms with Crippen LogP contribution >= 0.6 is 11.3 Å². The molecule has 0 saturated carbocycles. The monoisotopic (exact) mass is 212 g/mol. The lowest BCUT2D eigenvalue weighted by molar-refractivity contribution is 0.154. The summed E-state index contributed by atoms with van der Waals surface area (Å²) in [6.45, 7) is 5.91. The van der Waals surface area contributed by atoms with Gasteiger partial charge in [0.05, 0.1) is 11.8 Å². The fraction of sp³-hybridized carbons (Fsp3) is 0.700. The zero-order valence-corrected chi connectivity index (χ0v) is 9.47. The molecule has 4 heteroatoms. The van der Waals surface area contributed by atoms with E-state index in [1.165, 1.54) is 4.88 Å². The molecule has 1 aliphatic rings. The van der Waals surface area contributed by atoms with Crippen LogP contribution < -0.4 is 4.90 Å². The number of hydrogen-bond acceptors (Lipinski definition) is 4. The molecule has 1 saturated heterocycles. The van der Waals surface area contributed by atoms with Crippen LogP contribution in [-0.2, 0) is 0 Å². The van der Waals surface area contributed by atoms with Crippen molar-refractivity contribution in [1.29, 1.82) is 0 Å². The number of β-amino-alcohol motifs (C(OH)–C–C–N with tert-alkyl or cyclic N) is 1. The zero-order chi connectivity index (χ0) is 10.1. The van der Waals surface area contributed by atoms with Gasteiger partial charge in [0.25, 0.3) is 0 Å². The molecule has 0 bridgehead atoms. The number of hydrogen-bond donors (Lipinski definition) is 1. The Kier molecular flexibility index (Phi) is 2.74. The number of aliphatic hydroxyl groups is 1. The molecule has 14 heavy (non-hydrogen) atoms. The minimum Gasteiger partial charge on any atom is -0.391 e. The van der Waals surface area contributed by atoms with Gasteiger partial charge >= 0.3 is 0 Å². The van der Waals surface area contributed by atoms with Gasteiger partial charge in [0.2, 0.25) is 0 Å². The summed E-state index contributed by atoms with van der Waals surface area (Å²) >= 11 is 1.73. The minimum absolute atomic E-state index is 0.173. The number of rotatable bonds is 1. The van der Waals surface area contributed by atoms with E-state index in [-0.39, 0.29) is 6.10 Å². The molecule has 1 unspecified atom stereocenters. The van der Waals surface area contributed by atoms with Gasteiger partial charge in [-0.3, -0.25) is 0 Å². The van der Waals surface area contributed by atoms with Gasteiger partial charge in [-0.05, 0) is 26.7 Å². The molecule has 2 heterocycles. The minimum atomic E-state index is -0.173. The molecule has 0 aliphatic carbocycles. The molecule has 3 nitrogen and oxygen atoms in total.